The monoisotopic (exact) mass is 198 g/mol. The summed E-state index contributed by atoms with van der Waals surface area (Å²) >= 11 is 0. The molecular weight excluding hydrogens is 172 g/mol. The number of aliphatic imine (C=N–C) groups is 1. The molecule has 2 heteroatoms. The van der Waals surface area contributed by atoms with Crippen LogP contribution in [-0.4, -0.2) is 24.3 Å². The highest BCUT2D eigenvalue weighted by Crippen LogP contribution is 2.15. The van der Waals surface area contributed by atoms with Crippen LogP contribution in [-0.2, 0) is 0 Å². The Morgan fingerprint density at radius 2 is 1.71 bits per heavy atom. The van der Waals surface area contributed by atoms with Crippen LogP contribution in [0.15, 0.2) is 4.99 Å². The fourth-order valence-electron chi connectivity index (χ4n) is 1.50. The second-order valence-corrected chi connectivity index (χ2v) is 5.28. The van der Waals surface area contributed by atoms with E-state index in [2.05, 4.69) is 51.6 Å². The van der Waals surface area contributed by atoms with Crippen LogP contribution in [0.3, 0.4) is 0 Å². The van der Waals surface area contributed by atoms with Gasteiger partial charge in [0.1, 0.15) is 0 Å². The number of hydrogen-bond acceptors (Lipinski definition) is 2. The average molecular weight is 198 g/mol. The third kappa shape index (κ3) is 6.14. The molecule has 0 amide bonds. The van der Waals surface area contributed by atoms with Gasteiger partial charge in [-0.3, -0.25) is 4.99 Å². The Hall–Kier alpha value is -0.370. The van der Waals surface area contributed by atoms with Gasteiger partial charge in [-0.25, -0.2) is 0 Å². The van der Waals surface area contributed by atoms with E-state index in [0.717, 1.165) is 13.0 Å². The van der Waals surface area contributed by atoms with Crippen molar-refractivity contribution in [2.24, 2.45) is 4.99 Å². The molecule has 0 aromatic carbocycles. The predicted octanol–water partition coefficient (Wildman–Crippen LogP) is 3.02. The Kier molecular flexibility index (Phi) is 5.35. The third-order valence-corrected chi connectivity index (χ3v) is 2.64. The van der Waals surface area contributed by atoms with Gasteiger partial charge in [0.25, 0.3) is 0 Å². The lowest BCUT2D eigenvalue weighted by Gasteiger charge is -2.28. The van der Waals surface area contributed by atoms with E-state index in [-0.39, 0.29) is 11.1 Å². The standard InChI is InChI=1S/C12H26N2/c1-7-8-12(4,5)14-10-9-11(2,3)13-6/h14H,6-10H2,1-5H3. The first-order chi connectivity index (χ1) is 6.33. The van der Waals surface area contributed by atoms with Crippen molar-refractivity contribution in [3.63, 3.8) is 0 Å². The average Bonchev–Trinajstić information content (AvgIpc) is 2.03. The van der Waals surface area contributed by atoms with Crippen LogP contribution in [0.1, 0.15) is 53.9 Å². The summed E-state index contributed by atoms with van der Waals surface area (Å²) in [6.45, 7) is 15.6. The summed E-state index contributed by atoms with van der Waals surface area (Å²) in [5.41, 5.74) is 0.265. The van der Waals surface area contributed by atoms with E-state index in [1.165, 1.54) is 12.8 Å². The zero-order chi connectivity index (χ0) is 11.2. The van der Waals surface area contributed by atoms with Crippen molar-refractivity contribution in [2.75, 3.05) is 6.54 Å². The lowest BCUT2D eigenvalue weighted by Crippen LogP contribution is -2.41. The Morgan fingerprint density at radius 1 is 1.14 bits per heavy atom. The van der Waals surface area contributed by atoms with Crippen LogP contribution in [0.5, 0.6) is 0 Å². The molecule has 0 aromatic rings. The molecule has 0 radical (unpaired) electrons. The Balaban J connectivity index is 3.78. The lowest BCUT2D eigenvalue weighted by atomic mass is 9.97. The van der Waals surface area contributed by atoms with E-state index in [1.54, 1.807) is 0 Å². The minimum atomic E-state index is 0.00922. The van der Waals surface area contributed by atoms with Gasteiger partial charge >= 0.3 is 0 Å². The molecule has 0 heterocycles. The second-order valence-electron chi connectivity index (χ2n) is 5.28. The molecule has 0 saturated carbocycles. The number of nitrogens with zero attached hydrogens (tertiary/aromatic N) is 1. The van der Waals surface area contributed by atoms with Crippen molar-refractivity contribution in [3.8, 4) is 0 Å². The van der Waals surface area contributed by atoms with Crippen molar-refractivity contribution in [1.29, 1.82) is 0 Å². The van der Waals surface area contributed by atoms with Gasteiger partial charge in [0.2, 0.25) is 0 Å². The molecule has 0 saturated heterocycles. The van der Waals surface area contributed by atoms with Crippen molar-refractivity contribution in [1.82, 2.24) is 5.32 Å². The molecule has 0 fully saturated rings. The number of hydrogen-bond donors (Lipinski definition) is 1. The topological polar surface area (TPSA) is 24.4 Å². The van der Waals surface area contributed by atoms with Gasteiger partial charge in [0.05, 0.1) is 5.54 Å². The van der Waals surface area contributed by atoms with Crippen LogP contribution in [0, 0.1) is 0 Å². The highest BCUT2D eigenvalue weighted by molar-refractivity contribution is 5.25. The van der Waals surface area contributed by atoms with Crippen LogP contribution in [0.25, 0.3) is 0 Å². The quantitative estimate of drug-likeness (QED) is 0.625. The maximum atomic E-state index is 4.10. The molecule has 0 atom stereocenters. The minimum absolute atomic E-state index is 0.00922. The smallest absolute Gasteiger partial charge is 0.0557 e. The molecule has 1 N–H and O–H groups in total. The van der Waals surface area contributed by atoms with Gasteiger partial charge in [0, 0.05) is 5.54 Å². The molecule has 0 rings (SSSR count). The van der Waals surface area contributed by atoms with E-state index in [1.807, 2.05) is 0 Å². The summed E-state index contributed by atoms with van der Waals surface area (Å²) in [5, 5.41) is 3.56. The molecule has 14 heavy (non-hydrogen) atoms. The summed E-state index contributed by atoms with van der Waals surface area (Å²) in [5.74, 6) is 0. The predicted molar refractivity (Wildman–Crippen MR) is 65.2 cm³/mol. The fourth-order valence-corrected chi connectivity index (χ4v) is 1.50. The molecule has 84 valence electrons. The third-order valence-electron chi connectivity index (χ3n) is 2.64. The van der Waals surface area contributed by atoms with Crippen LogP contribution in [0.4, 0.5) is 0 Å². The molecule has 0 spiro atoms. The first kappa shape index (κ1) is 13.6. The Morgan fingerprint density at radius 3 is 2.14 bits per heavy atom. The first-order valence-corrected chi connectivity index (χ1v) is 5.56. The summed E-state index contributed by atoms with van der Waals surface area (Å²) in [6, 6.07) is 0. The van der Waals surface area contributed by atoms with E-state index in [9.17, 15) is 0 Å². The highest BCUT2D eigenvalue weighted by atomic mass is 15.0. The summed E-state index contributed by atoms with van der Waals surface area (Å²) in [6.07, 6.45) is 3.49. The summed E-state index contributed by atoms with van der Waals surface area (Å²) in [4.78, 5) is 4.10. The maximum Gasteiger partial charge on any atom is 0.0557 e. The van der Waals surface area contributed by atoms with Gasteiger partial charge in [0.15, 0.2) is 0 Å². The van der Waals surface area contributed by atoms with Crippen molar-refractivity contribution in [2.45, 2.75) is 65.0 Å². The zero-order valence-electron chi connectivity index (χ0n) is 10.5. The van der Waals surface area contributed by atoms with Gasteiger partial charge in [-0.05, 0) is 53.8 Å². The molecule has 0 bridgehead atoms. The van der Waals surface area contributed by atoms with Crippen molar-refractivity contribution in [3.05, 3.63) is 0 Å². The molecule has 0 aromatic heterocycles. The van der Waals surface area contributed by atoms with Gasteiger partial charge in [-0.1, -0.05) is 13.3 Å². The van der Waals surface area contributed by atoms with E-state index < -0.39 is 0 Å². The van der Waals surface area contributed by atoms with Gasteiger partial charge in [-0.2, -0.15) is 0 Å². The van der Waals surface area contributed by atoms with Crippen molar-refractivity contribution < 1.29 is 0 Å². The summed E-state index contributed by atoms with van der Waals surface area (Å²) < 4.78 is 0. The Bertz CT molecular complexity index is 171. The fraction of sp³-hybridized carbons (Fsp3) is 0.917. The second kappa shape index (κ2) is 5.50. The largest absolute Gasteiger partial charge is 0.312 e. The zero-order valence-corrected chi connectivity index (χ0v) is 10.5. The van der Waals surface area contributed by atoms with Crippen molar-refractivity contribution >= 4 is 6.72 Å². The van der Waals surface area contributed by atoms with E-state index in [4.69, 9.17) is 0 Å². The SMILES string of the molecule is C=NC(C)(C)CCNC(C)(C)CCC. The van der Waals surface area contributed by atoms with Crippen LogP contribution >= 0.6 is 0 Å². The molecule has 0 aliphatic heterocycles. The number of nitrogens with one attached hydrogen (secondary N) is 1. The minimum Gasteiger partial charge on any atom is -0.312 e. The maximum absolute atomic E-state index is 4.10. The molecule has 0 aliphatic rings. The summed E-state index contributed by atoms with van der Waals surface area (Å²) in [7, 11) is 0. The molecule has 0 unspecified atom stereocenters. The molecule has 0 aliphatic carbocycles. The first-order valence-electron chi connectivity index (χ1n) is 5.56. The van der Waals surface area contributed by atoms with E-state index in [0.29, 0.717) is 0 Å². The Labute approximate surface area is 89.2 Å². The van der Waals surface area contributed by atoms with Crippen LogP contribution in [0.2, 0.25) is 0 Å². The van der Waals surface area contributed by atoms with Crippen LogP contribution < -0.4 is 5.32 Å². The highest BCUT2D eigenvalue weighted by Gasteiger charge is 2.18. The van der Waals surface area contributed by atoms with Gasteiger partial charge < -0.3 is 5.32 Å². The number of rotatable bonds is 7. The molecule has 2 nitrogen and oxygen atoms in total. The normalized spacial score (nSPS) is 12.9. The van der Waals surface area contributed by atoms with Gasteiger partial charge in [-0.15, -0.1) is 0 Å². The molecular formula is C12H26N2. The lowest BCUT2D eigenvalue weighted by molar-refractivity contribution is 0.337. The van der Waals surface area contributed by atoms with E-state index >= 15 is 0 Å².